The summed E-state index contributed by atoms with van der Waals surface area (Å²) in [4.78, 5) is 10.8. The lowest BCUT2D eigenvalue weighted by atomic mass is 9.77. The van der Waals surface area contributed by atoms with Crippen molar-refractivity contribution in [1.82, 2.24) is 4.90 Å². The van der Waals surface area contributed by atoms with Crippen LogP contribution in [-0.4, -0.2) is 41.2 Å². The number of benzene rings is 3. The van der Waals surface area contributed by atoms with E-state index in [1.807, 2.05) is 0 Å². The summed E-state index contributed by atoms with van der Waals surface area (Å²) < 4.78 is 0. The molecule has 330 valence electrons. The van der Waals surface area contributed by atoms with Crippen LogP contribution in [0.5, 0.6) is 0 Å². The van der Waals surface area contributed by atoms with Crippen LogP contribution in [0.15, 0.2) is 194 Å². The van der Waals surface area contributed by atoms with E-state index in [1.54, 1.807) is 0 Å². The van der Waals surface area contributed by atoms with E-state index < -0.39 is 0 Å². The monoisotopic (exact) mass is 847 g/mol. The van der Waals surface area contributed by atoms with Crippen LogP contribution >= 0.6 is 0 Å². The van der Waals surface area contributed by atoms with Crippen LogP contribution in [0.2, 0.25) is 0 Å². The summed E-state index contributed by atoms with van der Waals surface area (Å²) in [7, 11) is 0. The van der Waals surface area contributed by atoms with Crippen LogP contribution in [0.3, 0.4) is 0 Å². The highest BCUT2D eigenvalue weighted by atomic mass is 15.2. The highest BCUT2D eigenvalue weighted by molar-refractivity contribution is 5.68. The maximum absolute atomic E-state index is 2.89. The predicted molar refractivity (Wildman–Crippen MR) is 272 cm³/mol. The number of nitrogens with zero attached hydrogens (tertiary/aromatic N) is 4. The lowest BCUT2D eigenvalue weighted by Gasteiger charge is -2.44. The van der Waals surface area contributed by atoms with Gasteiger partial charge in [-0.3, -0.25) is 4.90 Å². The smallest absolute Gasteiger partial charge is 0.0522 e. The highest BCUT2D eigenvalue weighted by Gasteiger charge is 2.34. The van der Waals surface area contributed by atoms with Gasteiger partial charge in [-0.15, -0.1) is 0 Å². The molecule has 7 aliphatic carbocycles. The van der Waals surface area contributed by atoms with Crippen molar-refractivity contribution in [2.75, 3.05) is 14.7 Å². The van der Waals surface area contributed by atoms with Gasteiger partial charge in [-0.25, -0.2) is 0 Å². The van der Waals surface area contributed by atoms with Gasteiger partial charge in [0.2, 0.25) is 0 Å². The topological polar surface area (TPSA) is 13.0 Å². The second kappa shape index (κ2) is 20.7. The maximum Gasteiger partial charge on any atom is 0.0522 e. The zero-order valence-electron chi connectivity index (χ0n) is 38.0. The second-order valence-corrected chi connectivity index (χ2v) is 19.4. The van der Waals surface area contributed by atoms with Gasteiger partial charge in [0.05, 0.1) is 12.1 Å². The molecule has 0 heterocycles. The van der Waals surface area contributed by atoms with Crippen molar-refractivity contribution in [3.63, 3.8) is 0 Å². The van der Waals surface area contributed by atoms with Crippen LogP contribution in [0.25, 0.3) is 0 Å². The zero-order valence-corrected chi connectivity index (χ0v) is 38.0. The van der Waals surface area contributed by atoms with E-state index in [2.05, 4.69) is 202 Å². The maximum atomic E-state index is 2.89. The first-order valence-electron chi connectivity index (χ1n) is 25.2. The molecule has 0 aliphatic heterocycles. The third-order valence-electron chi connectivity index (χ3n) is 15.3. The first kappa shape index (κ1) is 42.6. The number of allylic oxidation sites excluding steroid dienone is 10. The summed E-state index contributed by atoms with van der Waals surface area (Å²) in [6.45, 7) is 0. The van der Waals surface area contributed by atoms with E-state index in [9.17, 15) is 0 Å². The van der Waals surface area contributed by atoms with E-state index in [4.69, 9.17) is 0 Å². The van der Waals surface area contributed by atoms with E-state index in [0.29, 0.717) is 48.1 Å². The Morgan fingerprint density at radius 3 is 1.58 bits per heavy atom. The molecule has 0 saturated carbocycles. The summed E-state index contributed by atoms with van der Waals surface area (Å²) in [5.41, 5.74) is 7.96. The summed E-state index contributed by atoms with van der Waals surface area (Å²) in [5.74, 6) is 1.14. The fraction of sp³-hybridized carbons (Fsp3) is 0.400. The molecular formula is C60H70N4. The molecule has 0 aromatic heterocycles. The van der Waals surface area contributed by atoms with Gasteiger partial charge in [0.15, 0.2) is 0 Å². The number of para-hydroxylation sites is 2. The van der Waals surface area contributed by atoms with Crippen molar-refractivity contribution >= 4 is 22.7 Å². The number of anilines is 4. The van der Waals surface area contributed by atoms with Crippen LogP contribution < -0.4 is 14.7 Å². The molecule has 8 atom stereocenters. The van der Waals surface area contributed by atoms with Crippen molar-refractivity contribution in [2.45, 2.75) is 139 Å². The van der Waals surface area contributed by atoms with Crippen LogP contribution in [0, 0.1) is 11.8 Å². The van der Waals surface area contributed by atoms with Crippen LogP contribution in [0.1, 0.15) is 103 Å². The molecule has 0 bridgehead atoms. The first-order chi connectivity index (χ1) is 31.8. The first-order valence-corrected chi connectivity index (χ1v) is 25.2. The average Bonchev–Trinajstić information content (AvgIpc) is 3.38. The minimum atomic E-state index is 0.317. The third-order valence-corrected chi connectivity index (χ3v) is 15.3. The van der Waals surface area contributed by atoms with Gasteiger partial charge >= 0.3 is 0 Å². The Morgan fingerprint density at radius 1 is 0.406 bits per heavy atom. The molecule has 0 N–H and O–H groups in total. The largest absolute Gasteiger partial charge is 0.342 e. The Hall–Kier alpha value is -5.32. The molecule has 8 unspecified atom stereocenters. The van der Waals surface area contributed by atoms with Gasteiger partial charge in [-0.2, -0.15) is 0 Å². The molecule has 0 saturated heterocycles. The van der Waals surface area contributed by atoms with Crippen LogP contribution in [0.4, 0.5) is 22.7 Å². The summed E-state index contributed by atoms with van der Waals surface area (Å²) in [6.07, 6.45) is 58.2. The minimum Gasteiger partial charge on any atom is -0.342 e. The molecule has 3 aromatic rings. The summed E-state index contributed by atoms with van der Waals surface area (Å²) in [6, 6.07) is 34.6. The Bertz CT molecular complexity index is 2270. The molecule has 4 nitrogen and oxygen atoms in total. The number of hydrogen-bond donors (Lipinski definition) is 0. The van der Waals surface area contributed by atoms with E-state index >= 15 is 0 Å². The van der Waals surface area contributed by atoms with Gasteiger partial charge in [-0.05, 0) is 175 Å². The molecule has 0 radical (unpaired) electrons. The molecule has 4 heteroatoms. The SMILES string of the molecule is C1=CCCC(N(c2ccc(N(c3ccccc3)C3C=CC(C4C=CC(N(C5=CCC(N(C6C=CCCC6)C6CC=CCC6)C=C5)c5ccccc5)CC4)CC3)cc2)C2CC=CCC2)=C1. The third kappa shape index (κ3) is 9.69. The molecule has 64 heavy (non-hydrogen) atoms. The molecule has 10 rings (SSSR count). The van der Waals surface area contributed by atoms with Crippen molar-refractivity contribution in [2.24, 2.45) is 11.8 Å². The van der Waals surface area contributed by atoms with E-state index in [1.165, 1.54) is 91.9 Å². The normalized spacial score (nSPS) is 28.8. The zero-order chi connectivity index (χ0) is 42.9. The minimum absolute atomic E-state index is 0.317. The molecule has 0 amide bonds. The second-order valence-electron chi connectivity index (χ2n) is 19.4. The van der Waals surface area contributed by atoms with Crippen molar-refractivity contribution in [3.8, 4) is 0 Å². The van der Waals surface area contributed by atoms with Gasteiger partial charge in [0.25, 0.3) is 0 Å². The molecule has 0 fully saturated rings. The van der Waals surface area contributed by atoms with Crippen LogP contribution in [-0.2, 0) is 0 Å². The predicted octanol–water partition coefficient (Wildman–Crippen LogP) is 14.9. The fourth-order valence-electron chi connectivity index (χ4n) is 12.1. The molecule has 0 spiro atoms. The number of rotatable bonds is 13. The Morgan fingerprint density at radius 2 is 1.03 bits per heavy atom. The van der Waals surface area contributed by atoms with E-state index in [0.717, 1.165) is 44.9 Å². The lowest BCUT2D eigenvalue weighted by molar-refractivity contribution is 0.107. The van der Waals surface area contributed by atoms with Gasteiger partial charge < -0.3 is 14.7 Å². The molecule has 7 aliphatic rings. The standard InChI is InChI=1S/C60H70N4/c1-7-19-49(20-8-1)61(50-21-9-2-10-22-50)57-39-43-59(44-40-57)63(53-27-15-5-16-28-53)55-35-31-47(32-36-55)48-33-37-56(38-34-48)64(54-29-17-6-18-30-54)60-45-41-58(42-46-60)62(51-23-11-3-12-24-51)52-25-13-4-14-26-52/h1-3,5-7,9,11,13,15-19,25,27-31,33,35,37,39-41,43-48,50-52,55-56,58H,4,8,10,12,14,20-24,26,32,34,36,38,42H2. The summed E-state index contributed by atoms with van der Waals surface area (Å²) >= 11 is 0. The molecular weight excluding hydrogens is 777 g/mol. The number of hydrogen-bond acceptors (Lipinski definition) is 4. The fourth-order valence-corrected chi connectivity index (χ4v) is 12.1. The quantitative estimate of drug-likeness (QED) is 0.159. The lowest BCUT2D eigenvalue weighted by Crippen LogP contribution is -2.49. The summed E-state index contributed by atoms with van der Waals surface area (Å²) in [5, 5.41) is 0. The van der Waals surface area contributed by atoms with Crippen molar-refractivity contribution in [1.29, 1.82) is 0 Å². The van der Waals surface area contributed by atoms with Gasteiger partial charge in [-0.1, -0.05) is 121 Å². The van der Waals surface area contributed by atoms with Crippen molar-refractivity contribution in [3.05, 3.63) is 194 Å². The Balaban J connectivity index is 0.839. The highest BCUT2D eigenvalue weighted by Crippen LogP contribution is 2.41. The molecule has 3 aromatic carbocycles. The van der Waals surface area contributed by atoms with Gasteiger partial charge in [0, 0.05) is 58.3 Å². The Kier molecular flexibility index (Phi) is 13.8. The van der Waals surface area contributed by atoms with E-state index in [-0.39, 0.29) is 0 Å². The Labute approximate surface area is 385 Å². The van der Waals surface area contributed by atoms with Crippen molar-refractivity contribution < 1.29 is 0 Å². The average molecular weight is 847 g/mol. The van der Waals surface area contributed by atoms with Gasteiger partial charge in [0.1, 0.15) is 0 Å².